The van der Waals surface area contributed by atoms with Gasteiger partial charge in [-0.15, -0.1) is 0 Å². The van der Waals surface area contributed by atoms with E-state index in [1.165, 1.54) is 0 Å². The summed E-state index contributed by atoms with van der Waals surface area (Å²) in [5.41, 5.74) is 1.21. The summed E-state index contributed by atoms with van der Waals surface area (Å²) < 4.78 is 12.0. The van der Waals surface area contributed by atoms with Crippen LogP contribution in [0, 0.1) is 5.92 Å². The number of carbonyl (C=O) groups excluding carboxylic acids is 3. The van der Waals surface area contributed by atoms with Crippen LogP contribution in [0.5, 0.6) is 5.75 Å². The number of halogens is 1. The maximum atomic E-state index is 14.8. The number of likely N-dealkylation sites (tertiary alicyclic amines) is 1. The molecule has 5 atom stereocenters. The lowest BCUT2D eigenvalue weighted by Crippen LogP contribution is -2.46. The van der Waals surface area contributed by atoms with Crippen molar-refractivity contribution in [3.8, 4) is 5.75 Å². The van der Waals surface area contributed by atoms with Gasteiger partial charge in [-0.05, 0) is 86.1 Å². The number of hydrogen-bond acceptors (Lipinski definition) is 7. The Labute approximate surface area is 286 Å². The van der Waals surface area contributed by atoms with E-state index in [0.29, 0.717) is 39.8 Å². The smallest absolute Gasteiger partial charge is 0.264 e. The normalized spacial score (nSPS) is 25.1. The van der Waals surface area contributed by atoms with Gasteiger partial charge in [0.2, 0.25) is 5.91 Å². The molecule has 3 aromatic rings. The number of fused-ring (bicyclic) bond motifs is 2. The van der Waals surface area contributed by atoms with Crippen molar-refractivity contribution < 1.29 is 33.8 Å². The molecule has 3 amide bonds. The van der Waals surface area contributed by atoms with Gasteiger partial charge in [-0.25, -0.2) is 0 Å². The van der Waals surface area contributed by atoms with Crippen molar-refractivity contribution in [1.82, 2.24) is 4.90 Å². The van der Waals surface area contributed by atoms with Gasteiger partial charge in [-0.1, -0.05) is 30.7 Å². The number of benzene rings is 3. The first-order valence-corrected chi connectivity index (χ1v) is 19.7. The topological polar surface area (TPSA) is 129 Å². The zero-order valence-corrected chi connectivity index (χ0v) is 29.4. The summed E-state index contributed by atoms with van der Waals surface area (Å²) in [6.07, 6.45) is 0.858. The zero-order valence-electron chi connectivity index (χ0n) is 27.6. The Hall–Kier alpha value is -3.74. The number of rotatable bonds is 9. The van der Waals surface area contributed by atoms with Crippen LogP contribution >= 0.6 is 11.6 Å². The van der Waals surface area contributed by atoms with Gasteiger partial charge in [-0.3, -0.25) is 14.4 Å². The molecule has 0 aromatic heterocycles. The van der Waals surface area contributed by atoms with E-state index < -0.39 is 31.5 Å². The van der Waals surface area contributed by atoms with Crippen molar-refractivity contribution in [3.63, 3.8) is 0 Å². The Morgan fingerprint density at radius 2 is 1.88 bits per heavy atom. The number of hydrogen-bond donors (Lipinski definition) is 3. The lowest BCUT2D eigenvalue weighted by atomic mass is 9.82. The van der Waals surface area contributed by atoms with Gasteiger partial charge in [0.15, 0.2) is 13.9 Å². The summed E-state index contributed by atoms with van der Waals surface area (Å²) in [5, 5.41) is 13.2. The summed E-state index contributed by atoms with van der Waals surface area (Å²) in [6.45, 7) is 6.22. The largest absolute Gasteiger partial charge is 0.497 e. The number of methoxy groups -OCH3 is 1. The van der Waals surface area contributed by atoms with Crippen LogP contribution in [-0.2, 0) is 26.5 Å². The SMILES string of the molecule is COc1ccc(C(=O)Nc2cccc(CN3C(=O)[C@]4(O[C@H](CC(=O)N5CCC[C@H]5CO)[C@@H]([Si](C)(C)O)[C@@H]4C)c4cc(Cl)ccc43)c2)cc1. The van der Waals surface area contributed by atoms with Crippen LogP contribution in [0.2, 0.25) is 23.7 Å². The van der Waals surface area contributed by atoms with Crippen molar-refractivity contribution >= 4 is 49.0 Å². The number of amides is 3. The highest BCUT2D eigenvalue weighted by molar-refractivity contribution is 6.71. The molecule has 0 unspecified atom stereocenters. The maximum absolute atomic E-state index is 14.8. The molecule has 3 aliphatic rings. The summed E-state index contributed by atoms with van der Waals surface area (Å²) in [5.74, 6) is -0.515. The van der Waals surface area contributed by atoms with Gasteiger partial charge in [-0.2, -0.15) is 0 Å². The highest BCUT2D eigenvalue weighted by Crippen LogP contribution is 2.60. The van der Waals surface area contributed by atoms with Crippen LogP contribution in [0.15, 0.2) is 66.7 Å². The molecule has 6 rings (SSSR count). The molecule has 254 valence electrons. The fourth-order valence-electron chi connectivity index (χ4n) is 7.93. The van der Waals surface area contributed by atoms with Crippen molar-refractivity contribution in [2.75, 3.05) is 30.5 Å². The second-order valence-electron chi connectivity index (χ2n) is 13.6. The van der Waals surface area contributed by atoms with Gasteiger partial charge in [0.25, 0.3) is 11.8 Å². The van der Waals surface area contributed by atoms with Crippen LogP contribution in [-0.4, -0.2) is 73.2 Å². The molecular weight excluding hydrogens is 650 g/mol. The molecule has 10 nitrogen and oxygen atoms in total. The predicted molar refractivity (Wildman–Crippen MR) is 186 cm³/mol. The Bertz CT molecular complexity index is 1710. The zero-order chi connectivity index (χ0) is 34.4. The Kier molecular flexibility index (Phi) is 9.45. The molecule has 3 N–H and O–H groups in total. The van der Waals surface area contributed by atoms with Crippen molar-refractivity contribution in [2.45, 2.75) is 69.1 Å². The van der Waals surface area contributed by atoms with E-state index in [9.17, 15) is 24.3 Å². The molecule has 0 bridgehead atoms. The second kappa shape index (κ2) is 13.3. The average Bonchev–Trinajstić information content (AvgIpc) is 3.71. The van der Waals surface area contributed by atoms with Gasteiger partial charge in [0.1, 0.15) is 5.75 Å². The van der Waals surface area contributed by atoms with E-state index >= 15 is 0 Å². The molecular formula is C36H42ClN3O7Si. The van der Waals surface area contributed by atoms with Gasteiger partial charge in [0.05, 0.1) is 44.5 Å². The molecule has 3 aliphatic heterocycles. The van der Waals surface area contributed by atoms with Crippen molar-refractivity contribution in [1.29, 1.82) is 0 Å². The summed E-state index contributed by atoms with van der Waals surface area (Å²) >= 11 is 6.53. The van der Waals surface area contributed by atoms with Crippen molar-refractivity contribution in [3.05, 3.63) is 88.4 Å². The van der Waals surface area contributed by atoms with Crippen LogP contribution in [0.25, 0.3) is 0 Å². The highest BCUT2D eigenvalue weighted by Gasteiger charge is 2.66. The lowest BCUT2D eigenvalue weighted by molar-refractivity contribution is -0.150. The molecule has 0 saturated carbocycles. The van der Waals surface area contributed by atoms with E-state index in [2.05, 4.69) is 5.32 Å². The molecule has 1 spiro atoms. The van der Waals surface area contributed by atoms with E-state index in [4.69, 9.17) is 21.1 Å². The number of carbonyl (C=O) groups is 3. The maximum Gasteiger partial charge on any atom is 0.264 e. The molecule has 2 saturated heterocycles. The molecule has 0 radical (unpaired) electrons. The Morgan fingerprint density at radius 3 is 2.56 bits per heavy atom. The van der Waals surface area contributed by atoms with E-state index in [1.54, 1.807) is 65.4 Å². The molecule has 12 heteroatoms. The summed E-state index contributed by atoms with van der Waals surface area (Å²) in [4.78, 5) is 56.3. The molecule has 3 heterocycles. The molecule has 2 fully saturated rings. The van der Waals surface area contributed by atoms with Gasteiger partial charge >= 0.3 is 0 Å². The molecule has 0 aliphatic carbocycles. The Morgan fingerprint density at radius 1 is 1.12 bits per heavy atom. The third-order valence-corrected chi connectivity index (χ3v) is 12.8. The number of aliphatic hydroxyl groups is 1. The molecule has 3 aromatic carbocycles. The fourth-order valence-corrected chi connectivity index (χ4v) is 10.7. The summed E-state index contributed by atoms with van der Waals surface area (Å²) in [7, 11) is -1.42. The molecule has 48 heavy (non-hydrogen) atoms. The Balaban J connectivity index is 1.29. The number of aliphatic hydroxyl groups excluding tert-OH is 1. The summed E-state index contributed by atoms with van der Waals surface area (Å²) in [6, 6.07) is 19.2. The lowest BCUT2D eigenvalue weighted by Gasteiger charge is -2.32. The standard InChI is InChI=1S/C36H42ClN3O7Si/c1-22-33(48(3,4)45)31(19-32(42)39-16-6-9-27(39)21-41)47-36(22)29-18-25(37)12-15-30(29)40(35(36)44)20-23-7-5-8-26(17-23)38-34(43)24-10-13-28(46-2)14-11-24/h5,7-8,10-15,17-18,22,27,31,33,41,45H,6,9,16,19-21H2,1-4H3,(H,38,43)/t22-,27-,31+,33-,36+/m0/s1. The average molecular weight is 692 g/mol. The highest BCUT2D eigenvalue weighted by atomic mass is 35.5. The monoisotopic (exact) mass is 691 g/mol. The van der Waals surface area contributed by atoms with E-state index in [0.717, 1.165) is 18.4 Å². The van der Waals surface area contributed by atoms with E-state index in [1.807, 2.05) is 38.2 Å². The first kappa shape index (κ1) is 34.1. The van der Waals surface area contributed by atoms with Gasteiger partial charge < -0.3 is 34.5 Å². The quantitative estimate of drug-likeness (QED) is 0.259. The first-order chi connectivity index (χ1) is 22.9. The number of nitrogens with one attached hydrogen (secondary N) is 1. The second-order valence-corrected chi connectivity index (χ2v) is 18.0. The van der Waals surface area contributed by atoms with Crippen molar-refractivity contribution in [2.24, 2.45) is 5.92 Å². The minimum Gasteiger partial charge on any atom is -0.497 e. The van der Waals surface area contributed by atoms with Crippen LogP contribution in [0.1, 0.15) is 47.7 Å². The predicted octanol–water partition coefficient (Wildman–Crippen LogP) is 5.32. The third-order valence-electron chi connectivity index (χ3n) is 10.1. The first-order valence-electron chi connectivity index (χ1n) is 16.3. The number of ether oxygens (including phenoxy) is 2. The number of nitrogens with zero attached hydrogens (tertiary/aromatic N) is 2. The fraction of sp³-hybridized carbons (Fsp3) is 0.417. The number of anilines is 2. The van der Waals surface area contributed by atoms with Crippen LogP contribution < -0.4 is 15.0 Å². The minimum atomic E-state index is -2.99. The third kappa shape index (κ3) is 6.14. The van der Waals surface area contributed by atoms with Gasteiger partial charge in [0, 0.05) is 39.8 Å². The van der Waals surface area contributed by atoms with Crippen LogP contribution in [0.3, 0.4) is 0 Å². The van der Waals surface area contributed by atoms with Crippen LogP contribution in [0.4, 0.5) is 11.4 Å². The van der Waals surface area contributed by atoms with E-state index in [-0.39, 0.29) is 43.3 Å². The minimum absolute atomic E-state index is 0.00334.